The molecule has 0 heterocycles. The van der Waals surface area contributed by atoms with Gasteiger partial charge in [0, 0.05) is 12.1 Å². The fraction of sp³-hybridized carbons (Fsp3) is 0.429. The molecule has 0 amide bonds. The lowest BCUT2D eigenvalue weighted by Gasteiger charge is -2.31. The fourth-order valence-corrected chi connectivity index (χ4v) is 3.71. The van der Waals surface area contributed by atoms with Crippen molar-refractivity contribution < 1.29 is 0 Å². The number of benzene rings is 2. The van der Waals surface area contributed by atoms with E-state index in [1.54, 1.807) is 0 Å². The van der Waals surface area contributed by atoms with Gasteiger partial charge in [-0.05, 0) is 56.6 Å². The molecule has 2 aromatic rings. The molecule has 0 aromatic heterocycles. The van der Waals surface area contributed by atoms with Gasteiger partial charge in [0.05, 0.1) is 0 Å². The summed E-state index contributed by atoms with van der Waals surface area (Å²) in [6.07, 6.45) is 5.19. The standard InChI is InChI=1S/C21H27N/c1-16-7-6-10-20(15-16)17(2)22-21-13-11-19(12-14-21)18-8-4-3-5-9-18/h3-10,15,17,19,21-22H,11-14H2,1-2H3/t17-,19?,21?/m0/s1. The third-order valence-electron chi connectivity index (χ3n) is 5.03. The Labute approximate surface area is 134 Å². The molecule has 1 atom stereocenters. The highest BCUT2D eigenvalue weighted by Gasteiger charge is 2.23. The largest absolute Gasteiger partial charge is 0.307 e. The molecule has 2 aromatic carbocycles. The van der Waals surface area contributed by atoms with Gasteiger partial charge in [0.2, 0.25) is 0 Å². The first-order valence-corrected chi connectivity index (χ1v) is 8.60. The molecule has 0 unspecified atom stereocenters. The number of hydrogen-bond acceptors (Lipinski definition) is 1. The highest BCUT2D eigenvalue weighted by atomic mass is 14.9. The molecular formula is C21H27N. The first kappa shape index (κ1) is 15.3. The second-order valence-corrected chi connectivity index (χ2v) is 6.76. The lowest BCUT2D eigenvalue weighted by Crippen LogP contribution is -2.34. The summed E-state index contributed by atoms with van der Waals surface area (Å²) in [4.78, 5) is 0. The molecule has 0 saturated heterocycles. The van der Waals surface area contributed by atoms with E-state index in [2.05, 4.69) is 73.8 Å². The Morgan fingerprint density at radius 1 is 0.909 bits per heavy atom. The zero-order valence-corrected chi connectivity index (χ0v) is 13.8. The molecule has 1 N–H and O–H groups in total. The van der Waals surface area contributed by atoms with E-state index in [4.69, 9.17) is 0 Å². The van der Waals surface area contributed by atoms with Crippen molar-refractivity contribution in [3.63, 3.8) is 0 Å². The number of nitrogens with one attached hydrogen (secondary N) is 1. The average Bonchev–Trinajstić information content (AvgIpc) is 2.56. The van der Waals surface area contributed by atoms with Crippen molar-refractivity contribution in [2.45, 2.75) is 57.5 Å². The lowest BCUT2D eigenvalue weighted by atomic mass is 9.81. The Morgan fingerprint density at radius 2 is 1.64 bits per heavy atom. The Bertz CT molecular complexity index is 582. The number of rotatable bonds is 4. The maximum Gasteiger partial charge on any atom is 0.0294 e. The highest BCUT2D eigenvalue weighted by molar-refractivity contribution is 5.25. The van der Waals surface area contributed by atoms with Crippen LogP contribution in [0.3, 0.4) is 0 Å². The van der Waals surface area contributed by atoms with Gasteiger partial charge in [-0.1, -0.05) is 60.2 Å². The van der Waals surface area contributed by atoms with E-state index in [0.29, 0.717) is 12.1 Å². The Balaban J connectivity index is 1.54. The maximum atomic E-state index is 3.83. The van der Waals surface area contributed by atoms with Crippen molar-refractivity contribution in [1.82, 2.24) is 5.32 Å². The summed E-state index contributed by atoms with van der Waals surface area (Å²) in [5.74, 6) is 0.758. The molecule has 116 valence electrons. The molecule has 0 bridgehead atoms. The third-order valence-corrected chi connectivity index (χ3v) is 5.03. The van der Waals surface area contributed by atoms with Crippen molar-refractivity contribution in [3.8, 4) is 0 Å². The lowest BCUT2D eigenvalue weighted by molar-refractivity contribution is 0.322. The highest BCUT2D eigenvalue weighted by Crippen LogP contribution is 2.33. The van der Waals surface area contributed by atoms with Crippen LogP contribution in [0.15, 0.2) is 54.6 Å². The predicted molar refractivity (Wildman–Crippen MR) is 94.2 cm³/mol. The average molecular weight is 293 g/mol. The summed E-state index contributed by atoms with van der Waals surface area (Å²) in [6.45, 7) is 4.46. The van der Waals surface area contributed by atoms with Crippen LogP contribution in [0.1, 0.15) is 61.3 Å². The normalized spacial score (nSPS) is 23.2. The van der Waals surface area contributed by atoms with E-state index in [1.165, 1.54) is 42.4 Å². The number of aryl methyl sites for hydroxylation is 1. The molecule has 1 saturated carbocycles. The van der Waals surface area contributed by atoms with Crippen LogP contribution < -0.4 is 5.32 Å². The quantitative estimate of drug-likeness (QED) is 0.799. The van der Waals surface area contributed by atoms with Crippen LogP contribution in [-0.4, -0.2) is 6.04 Å². The molecule has 1 nitrogen and oxygen atoms in total. The van der Waals surface area contributed by atoms with Gasteiger partial charge in [-0.3, -0.25) is 0 Å². The Kier molecular flexibility index (Phi) is 4.94. The van der Waals surface area contributed by atoms with Crippen LogP contribution in [0.25, 0.3) is 0 Å². The molecule has 1 aliphatic carbocycles. The van der Waals surface area contributed by atoms with Gasteiger partial charge >= 0.3 is 0 Å². The van der Waals surface area contributed by atoms with E-state index in [1.807, 2.05) is 0 Å². The Morgan fingerprint density at radius 3 is 2.32 bits per heavy atom. The van der Waals surface area contributed by atoms with Gasteiger partial charge in [-0.15, -0.1) is 0 Å². The minimum Gasteiger partial charge on any atom is -0.307 e. The molecule has 1 heteroatoms. The first-order chi connectivity index (χ1) is 10.7. The van der Waals surface area contributed by atoms with E-state index in [9.17, 15) is 0 Å². The fourth-order valence-electron chi connectivity index (χ4n) is 3.71. The smallest absolute Gasteiger partial charge is 0.0294 e. The van der Waals surface area contributed by atoms with Crippen molar-refractivity contribution in [2.75, 3.05) is 0 Å². The molecule has 1 aliphatic rings. The second kappa shape index (κ2) is 7.11. The van der Waals surface area contributed by atoms with Crippen LogP contribution in [0.5, 0.6) is 0 Å². The summed E-state index contributed by atoms with van der Waals surface area (Å²) < 4.78 is 0. The van der Waals surface area contributed by atoms with Crippen molar-refractivity contribution in [1.29, 1.82) is 0 Å². The molecule has 0 spiro atoms. The van der Waals surface area contributed by atoms with Crippen molar-refractivity contribution in [2.24, 2.45) is 0 Å². The zero-order chi connectivity index (χ0) is 15.4. The summed E-state index contributed by atoms with van der Waals surface area (Å²) in [6, 6.07) is 21.0. The molecule has 22 heavy (non-hydrogen) atoms. The predicted octanol–water partition coefficient (Wildman–Crippen LogP) is 5.37. The third kappa shape index (κ3) is 3.78. The maximum absolute atomic E-state index is 3.83. The minimum absolute atomic E-state index is 0.443. The molecular weight excluding hydrogens is 266 g/mol. The van der Waals surface area contributed by atoms with Gasteiger partial charge in [0.25, 0.3) is 0 Å². The summed E-state index contributed by atoms with van der Waals surface area (Å²) in [5, 5.41) is 3.83. The number of hydrogen-bond donors (Lipinski definition) is 1. The monoisotopic (exact) mass is 293 g/mol. The van der Waals surface area contributed by atoms with Crippen molar-refractivity contribution in [3.05, 3.63) is 71.3 Å². The van der Waals surface area contributed by atoms with Gasteiger partial charge < -0.3 is 5.32 Å². The van der Waals surface area contributed by atoms with Crippen LogP contribution >= 0.6 is 0 Å². The summed E-state index contributed by atoms with van der Waals surface area (Å²) >= 11 is 0. The topological polar surface area (TPSA) is 12.0 Å². The Hall–Kier alpha value is -1.60. The first-order valence-electron chi connectivity index (χ1n) is 8.60. The summed E-state index contributed by atoms with van der Waals surface area (Å²) in [7, 11) is 0. The minimum atomic E-state index is 0.443. The van der Waals surface area contributed by atoms with Crippen LogP contribution in [0.4, 0.5) is 0 Å². The molecule has 3 rings (SSSR count). The van der Waals surface area contributed by atoms with Crippen LogP contribution in [0.2, 0.25) is 0 Å². The SMILES string of the molecule is Cc1cccc([C@H](C)NC2CCC(c3ccccc3)CC2)c1. The van der Waals surface area contributed by atoms with Crippen molar-refractivity contribution >= 4 is 0 Å². The van der Waals surface area contributed by atoms with E-state index in [0.717, 1.165) is 5.92 Å². The van der Waals surface area contributed by atoms with Crippen LogP contribution in [-0.2, 0) is 0 Å². The van der Waals surface area contributed by atoms with E-state index in [-0.39, 0.29) is 0 Å². The van der Waals surface area contributed by atoms with Gasteiger partial charge in [0.15, 0.2) is 0 Å². The van der Waals surface area contributed by atoms with E-state index >= 15 is 0 Å². The second-order valence-electron chi connectivity index (χ2n) is 6.76. The molecule has 0 aliphatic heterocycles. The van der Waals surface area contributed by atoms with E-state index < -0.39 is 0 Å². The van der Waals surface area contributed by atoms with Gasteiger partial charge in [-0.2, -0.15) is 0 Å². The van der Waals surface area contributed by atoms with Gasteiger partial charge in [-0.25, -0.2) is 0 Å². The molecule has 1 fully saturated rings. The molecule has 0 radical (unpaired) electrons. The zero-order valence-electron chi connectivity index (χ0n) is 13.8. The van der Waals surface area contributed by atoms with Crippen LogP contribution in [0, 0.1) is 6.92 Å². The van der Waals surface area contributed by atoms with Gasteiger partial charge in [0.1, 0.15) is 0 Å². The summed E-state index contributed by atoms with van der Waals surface area (Å²) in [5.41, 5.74) is 4.27.